The van der Waals surface area contributed by atoms with Crippen LogP contribution in [0.4, 0.5) is 0 Å². The normalized spacial score (nSPS) is 11.8. The number of hydrogen-bond donors (Lipinski definition) is 0. The molecule has 0 saturated carbocycles. The number of sulfonamides is 1. The Kier molecular flexibility index (Phi) is 5.43. The van der Waals surface area contributed by atoms with Gasteiger partial charge >= 0.3 is 0 Å². The Morgan fingerprint density at radius 3 is 2.52 bits per heavy atom. The van der Waals surface area contributed by atoms with Crippen LogP contribution in [0, 0.1) is 0 Å². The largest absolute Gasteiger partial charge is 0.243 e. The topological polar surface area (TPSA) is 37.4 Å². The van der Waals surface area contributed by atoms with E-state index in [9.17, 15) is 8.42 Å². The lowest BCUT2D eigenvalue weighted by atomic mass is 10.2. The van der Waals surface area contributed by atoms with E-state index in [-0.39, 0.29) is 10.8 Å². The van der Waals surface area contributed by atoms with Gasteiger partial charge in [-0.1, -0.05) is 46.3 Å². The number of hydrogen-bond acceptors (Lipinski definition) is 2. The molecule has 0 N–H and O–H groups in total. The van der Waals surface area contributed by atoms with Crippen LogP contribution in [0.25, 0.3) is 0 Å². The highest BCUT2D eigenvalue weighted by molar-refractivity contribution is 9.10. The average Bonchev–Trinajstić information content (AvgIpc) is 2.47. The molecule has 0 atom stereocenters. The van der Waals surface area contributed by atoms with E-state index >= 15 is 0 Å². The van der Waals surface area contributed by atoms with Gasteiger partial charge in [0.25, 0.3) is 0 Å². The number of nitrogens with zero attached hydrogens (tertiary/aromatic N) is 1. The van der Waals surface area contributed by atoms with Gasteiger partial charge in [-0.2, -0.15) is 4.31 Å². The maximum atomic E-state index is 12.7. The van der Waals surface area contributed by atoms with Crippen molar-refractivity contribution in [1.29, 1.82) is 0 Å². The van der Waals surface area contributed by atoms with Gasteiger partial charge in [0.15, 0.2) is 0 Å². The lowest BCUT2D eigenvalue weighted by Gasteiger charge is -2.19. The second-order valence-electron chi connectivity index (χ2n) is 4.63. The average molecular weight is 389 g/mol. The summed E-state index contributed by atoms with van der Waals surface area (Å²) in [5, 5.41) is 0. The lowest BCUT2D eigenvalue weighted by molar-refractivity contribution is 0.466. The third-order valence-electron chi connectivity index (χ3n) is 3.10. The van der Waals surface area contributed by atoms with Gasteiger partial charge < -0.3 is 0 Å². The predicted molar refractivity (Wildman–Crippen MR) is 88.8 cm³/mol. The minimum Gasteiger partial charge on any atom is -0.207 e. The molecule has 0 aliphatic carbocycles. The number of rotatable bonds is 5. The van der Waals surface area contributed by atoms with Gasteiger partial charge in [0, 0.05) is 23.9 Å². The summed E-state index contributed by atoms with van der Waals surface area (Å²) >= 11 is 9.22. The fourth-order valence-corrected chi connectivity index (χ4v) is 4.15. The molecule has 6 heteroatoms. The van der Waals surface area contributed by atoms with Crippen LogP contribution in [0.3, 0.4) is 0 Å². The number of halogens is 2. The van der Waals surface area contributed by atoms with Crippen molar-refractivity contribution in [2.75, 3.05) is 7.05 Å². The molecule has 0 amide bonds. The molecule has 0 aromatic heterocycles. The second kappa shape index (κ2) is 6.92. The van der Waals surface area contributed by atoms with E-state index < -0.39 is 10.0 Å². The van der Waals surface area contributed by atoms with Crippen LogP contribution in [0.2, 0.25) is 0 Å². The summed E-state index contributed by atoms with van der Waals surface area (Å²) in [6.07, 6.45) is 0. The molecule has 112 valence electrons. The van der Waals surface area contributed by atoms with Gasteiger partial charge in [-0.15, -0.1) is 11.6 Å². The third kappa shape index (κ3) is 3.86. The summed E-state index contributed by atoms with van der Waals surface area (Å²) in [6.45, 7) is 0.304. The lowest BCUT2D eigenvalue weighted by Crippen LogP contribution is -2.27. The molecule has 2 rings (SSSR count). The molecule has 0 saturated heterocycles. The summed E-state index contributed by atoms with van der Waals surface area (Å²) in [5.74, 6) is 0.167. The van der Waals surface area contributed by atoms with E-state index in [2.05, 4.69) is 15.9 Å². The zero-order valence-corrected chi connectivity index (χ0v) is 14.6. The first-order valence-corrected chi connectivity index (χ1v) is 9.06. The molecule has 0 aliphatic heterocycles. The fourth-order valence-electron chi connectivity index (χ4n) is 2.01. The Morgan fingerprint density at radius 1 is 1.14 bits per heavy atom. The van der Waals surface area contributed by atoms with Crippen LogP contribution in [0.5, 0.6) is 0 Å². The van der Waals surface area contributed by atoms with Crippen molar-refractivity contribution in [3.05, 3.63) is 64.1 Å². The smallest absolute Gasteiger partial charge is 0.207 e. The van der Waals surface area contributed by atoms with E-state index in [0.717, 1.165) is 10.0 Å². The first kappa shape index (κ1) is 16.5. The Balaban J connectivity index is 2.31. The summed E-state index contributed by atoms with van der Waals surface area (Å²) in [5.41, 5.74) is 1.53. The van der Waals surface area contributed by atoms with Crippen LogP contribution in [-0.4, -0.2) is 19.8 Å². The highest BCUT2D eigenvalue weighted by Crippen LogP contribution is 2.22. The van der Waals surface area contributed by atoms with Crippen molar-refractivity contribution < 1.29 is 8.42 Å². The molecular formula is C15H15BrClNO2S. The molecule has 0 aliphatic rings. The zero-order valence-electron chi connectivity index (χ0n) is 11.5. The Hall–Kier alpha value is -0.880. The van der Waals surface area contributed by atoms with E-state index in [0.29, 0.717) is 12.1 Å². The van der Waals surface area contributed by atoms with Gasteiger partial charge in [-0.25, -0.2) is 8.42 Å². The Bertz CT molecular complexity index is 734. The van der Waals surface area contributed by atoms with Crippen LogP contribution < -0.4 is 0 Å². The first-order valence-electron chi connectivity index (χ1n) is 6.30. The predicted octanol–water partition coefficient (Wildman–Crippen LogP) is 4.01. The highest BCUT2D eigenvalue weighted by atomic mass is 79.9. The van der Waals surface area contributed by atoms with E-state index in [1.807, 2.05) is 24.3 Å². The van der Waals surface area contributed by atoms with Crippen molar-refractivity contribution >= 4 is 37.6 Å². The Morgan fingerprint density at radius 2 is 1.86 bits per heavy atom. The van der Waals surface area contributed by atoms with Gasteiger partial charge in [0.1, 0.15) is 0 Å². The summed E-state index contributed by atoms with van der Waals surface area (Å²) < 4.78 is 27.6. The van der Waals surface area contributed by atoms with Crippen LogP contribution in [0.1, 0.15) is 11.1 Å². The second-order valence-corrected chi connectivity index (χ2v) is 7.83. The standard InChI is InChI=1S/C15H15BrClNO2S/c1-18(11-12-5-4-7-14(16)9-12)21(19,20)15-8-3-2-6-13(15)10-17/h2-9H,10-11H2,1H3. The molecule has 0 radical (unpaired) electrons. The summed E-state index contributed by atoms with van der Waals surface area (Å²) in [6, 6.07) is 14.4. The number of benzene rings is 2. The van der Waals surface area contributed by atoms with Crippen molar-refractivity contribution in [3.63, 3.8) is 0 Å². The van der Waals surface area contributed by atoms with Crippen molar-refractivity contribution in [2.24, 2.45) is 0 Å². The van der Waals surface area contributed by atoms with Gasteiger partial charge in [-0.05, 0) is 29.3 Å². The fraction of sp³-hybridized carbons (Fsp3) is 0.200. The highest BCUT2D eigenvalue weighted by Gasteiger charge is 2.23. The van der Waals surface area contributed by atoms with Gasteiger partial charge in [-0.3, -0.25) is 0 Å². The minimum atomic E-state index is -3.56. The molecule has 21 heavy (non-hydrogen) atoms. The van der Waals surface area contributed by atoms with Gasteiger partial charge in [0.2, 0.25) is 10.0 Å². The summed E-state index contributed by atoms with van der Waals surface area (Å²) in [4.78, 5) is 0.262. The molecule has 3 nitrogen and oxygen atoms in total. The van der Waals surface area contributed by atoms with E-state index in [1.54, 1.807) is 31.3 Å². The zero-order chi connectivity index (χ0) is 15.5. The monoisotopic (exact) mass is 387 g/mol. The van der Waals surface area contributed by atoms with Gasteiger partial charge in [0.05, 0.1) is 4.90 Å². The molecular weight excluding hydrogens is 374 g/mol. The molecule has 0 fully saturated rings. The van der Waals surface area contributed by atoms with Crippen molar-refractivity contribution in [2.45, 2.75) is 17.3 Å². The first-order chi connectivity index (χ1) is 9.95. The third-order valence-corrected chi connectivity index (χ3v) is 5.78. The molecule has 0 bridgehead atoms. The SMILES string of the molecule is CN(Cc1cccc(Br)c1)S(=O)(=O)c1ccccc1CCl. The maximum absolute atomic E-state index is 12.7. The van der Waals surface area contributed by atoms with Crippen LogP contribution in [-0.2, 0) is 22.4 Å². The summed E-state index contributed by atoms with van der Waals surface area (Å²) in [7, 11) is -1.99. The molecule has 0 spiro atoms. The molecule has 0 heterocycles. The van der Waals surface area contributed by atoms with Crippen LogP contribution >= 0.6 is 27.5 Å². The van der Waals surface area contributed by atoms with Crippen molar-refractivity contribution in [1.82, 2.24) is 4.31 Å². The van der Waals surface area contributed by atoms with E-state index in [4.69, 9.17) is 11.6 Å². The van der Waals surface area contributed by atoms with Crippen LogP contribution in [0.15, 0.2) is 57.9 Å². The molecule has 2 aromatic carbocycles. The molecule has 2 aromatic rings. The minimum absolute atomic E-state index is 0.167. The molecule has 0 unspecified atom stereocenters. The van der Waals surface area contributed by atoms with Crippen molar-refractivity contribution in [3.8, 4) is 0 Å². The quantitative estimate of drug-likeness (QED) is 0.726. The maximum Gasteiger partial charge on any atom is 0.243 e. The Labute approximate surface area is 138 Å². The number of alkyl halides is 1. The van der Waals surface area contributed by atoms with E-state index in [1.165, 1.54) is 4.31 Å².